The van der Waals surface area contributed by atoms with E-state index < -0.39 is 24.3 Å². The molecule has 0 aromatic heterocycles. The number of hydrogen-bond acceptors (Lipinski definition) is 5. The molecule has 3 heterocycles. The molecule has 1 aromatic rings. The molecule has 1 radical (unpaired) electrons. The number of benzene rings is 1. The molecular formula is C17H19O5Tc-. The molecule has 5 nitrogen and oxygen atoms in total. The van der Waals surface area contributed by atoms with Gasteiger partial charge in [-0.3, -0.25) is 11.7 Å². The second-order valence-electron chi connectivity index (χ2n) is 6.09. The van der Waals surface area contributed by atoms with E-state index in [1.807, 2.05) is 37.3 Å². The van der Waals surface area contributed by atoms with Crippen LogP contribution in [0.4, 0.5) is 0 Å². The van der Waals surface area contributed by atoms with Crippen molar-refractivity contribution in [2.45, 2.75) is 50.2 Å². The summed E-state index contributed by atoms with van der Waals surface area (Å²) < 4.78 is 23.3. The zero-order valence-electron chi connectivity index (χ0n) is 12.8. The van der Waals surface area contributed by atoms with Gasteiger partial charge in [-0.2, -0.15) is 0 Å². The molecule has 3 aliphatic rings. The first-order valence-electron chi connectivity index (χ1n) is 7.75. The molecule has 23 heavy (non-hydrogen) atoms. The third kappa shape index (κ3) is 2.67. The first-order chi connectivity index (χ1) is 10.6. The summed E-state index contributed by atoms with van der Waals surface area (Å²) in [6.45, 7) is 6.09. The van der Waals surface area contributed by atoms with E-state index in [4.69, 9.17) is 18.9 Å². The summed E-state index contributed by atoms with van der Waals surface area (Å²) >= 11 is 0. The molecule has 3 saturated heterocycles. The molecule has 3 fully saturated rings. The predicted octanol–water partition coefficient (Wildman–Crippen LogP) is 2.15. The molecule has 1 aromatic carbocycles. The minimum absolute atomic E-state index is 0. The van der Waals surface area contributed by atoms with Crippen molar-refractivity contribution in [3.8, 4) is 0 Å². The van der Waals surface area contributed by atoms with Crippen molar-refractivity contribution < 1.29 is 43.8 Å². The number of hydrogen-bond donors (Lipinski definition) is 0. The standard InChI is InChI=1S/C17H19O5.Tc/c1-3-7-11-12-13(19-15(11)18)14-16(20-12)22-17(2,21-14)10-8-5-4-6-9-10;/h4-6,8-9,11-14,16H,2-3,7H2,1H3;/q-1;. The summed E-state index contributed by atoms with van der Waals surface area (Å²) in [6.07, 6.45) is 0.0261. The molecule has 3 aliphatic heterocycles. The number of esters is 1. The Labute approximate surface area is 149 Å². The van der Waals surface area contributed by atoms with Gasteiger partial charge in [-0.15, -0.1) is 0 Å². The van der Waals surface area contributed by atoms with Crippen LogP contribution in [0.3, 0.4) is 0 Å². The third-order valence-corrected chi connectivity index (χ3v) is 4.60. The fraction of sp³-hybridized carbons (Fsp3) is 0.529. The summed E-state index contributed by atoms with van der Waals surface area (Å²) in [7, 11) is 0. The van der Waals surface area contributed by atoms with Crippen molar-refractivity contribution in [2.24, 2.45) is 5.92 Å². The van der Waals surface area contributed by atoms with Gasteiger partial charge in [0.25, 0.3) is 0 Å². The van der Waals surface area contributed by atoms with E-state index in [-0.39, 0.29) is 38.1 Å². The van der Waals surface area contributed by atoms with Crippen LogP contribution in [0, 0.1) is 12.8 Å². The largest absolute Gasteiger partial charge is 0.456 e. The maximum atomic E-state index is 12.0. The topological polar surface area (TPSA) is 54.0 Å². The smallest absolute Gasteiger partial charge is 0.312 e. The van der Waals surface area contributed by atoms with Gasteiger partial charge in [0.2, 0.25) is 0 Å². The third-order valence-electron chi connectivity index (χ3n) is 4.60. The molecule has 4 rings (SSSR count). The summed E-state index contributed by atoms with van der Waals surface area (Å²) in [5.74, 6) is -1.53. The van der Waals surface area contributed by atoms with E-state index in [1.165, 1.54) is 0 Å². The van der Waals surface area contributed by atoms with Crippen LogP contribution in [0.2, 0.25) is 0 Å². The van der Waals surface area contributed by atoms with Crippen LogP contribution in [-0.4, -0.2) is 30.6 Å². The Balaban J connectivity index is 0.00000156. The van der Waals surface area contributed by atoms with Gasteiger partial charge in [0, 0.05) is 20.1 Å². The molecule has 0 N–H and O–H groups in total. The van der Waals surface area contributed by atoms with Crippen molar-refractivity contribution in [3.05, 3.63) is 42.8 Å². The number of carbonyl (C=O) groups excluding carboxylic acids is 1. The van der Waals surface area contributed by atoms with Crippen LogP contribution in [0.5, 0.6) is 0 Å². The van der Waals surface area contributed by atoms with E-state index >= 15 is 0 Å². The zero-order valence-corrected chi connectivity index (χ0v) is 14.7. The maximum absolute atomic E-state index is 12.0. The molecule has 6 unspecified atom stereocenters. The van der Waals surface area contributed by atoms with Crippen LogP contribution >= 0.6 is 0 Å². The average molecular weight is 401 g/mol. The molecular weight excluding hydrogens is 382 g/mol. The zero-order chi connectivity index (χ0) is 15.3. The van der Waals surface area contributed by atoms with Crippen LogP contribution in [0.1, 0.15) is 25.3 Å². The Hall–Kier alpha value is -0.781. The molecule has 0 bridgehead atoms. The second kappa shape index (κ2) is 6.26. The Morgan fingerprint density at radius 3 is 2.57 bits per heavy atom. The van der Waals surface area contributed by atoms with Gasteiger partial charge in [-0.05, 0) is 12.0 Å². The molecule has 6 heteroatoms. The Kier molecular flexibility index (Phi) is 4.64. The van der Waals surface area contributed by atoms with Crippen molar-refractivity contribution >= 4 is 5.97 Å². The average Bonchev–Trinajstić information content (AvgIpc) is 3.11. The fourth-order valence-electron chi connectivity index (χ4n) is 3.54. The molecule has 0 saturated carbocycles. The summed E-state index contributed by atoms with van der Waals surface area (Å²) in [4.78, 5) is 12.0. The van der Waals surface area contributed by atoms with E-state index in [2.05, 4.69) is 6.92 Å². The normalized spacial score (nSPS) is 41.1. The van der Waals surface area contributed by atoms with E-state index in [1.54, 1.807) is 0 Å². The van der Waals surface area contributed by atoms with Crippen LogP contribution < -0.4 is 0 Å². The van der Waals surface area contributed by atoms with Crippen LogP contribution in [0.25, 0.3) is 0 Å². The number of rotatable bonds is 3. The summed E-state index contributed by atoms with van der Waals surface area (Å²) in [5, 5.41) is 0. The Morgan fingerprint density at radius 2 is 1.87 bits per heavy atom. The first kappa shape index (κ1) is 17.1. The quantitative estimate of drug-likeness (QED) is 0.574. The SMILES string of the molecule is [CH2-]C1(c2ccccc2)OC2OC3C(CCC)C(=O)OC3C2O1.[Tc]. The van der Waals surface area contributed by atoms with Gasteiger partial charge in [0.1, 0.15) is 12.2 Å². The van der Waals surface area contributed by atoms with Crippen LogP contribution in [0.15, 0.2) is 30.3 Å². The fourth-order valence-corrected chi connectivity index (χ4v) is 3.54. The maximum Gasteiger partial charge on any atom is 0.312 e. The first-order valence-corrected chi connectivity index (χ1v) is 7.75. The number of carbonyl (C=O) groups is 1. The van der Waals surface area contributed by atoms with E-state index in [0.717, 1.165) is 18.4 Å². The van der Waals surface area contributed by atoms with E-state index in [9.17, 15) is 4.79 Å². The monoisotopic (exact) mass is 400 g/mol. The summed E-state index contributed by atoms with van der Waals surface area (Å²) in [6, 6.07) is 9.51. The predicted molar refractivity (Wildman–Crippen MR) is 76.4 cm³/mol. The Bertz CT molecular complexity index is 580. The van der Waals surface area contributed by atoms with Gasteiger partial charge in [0.15, 0.2) is 12.4 Å². The van der Waals surface area contributed by atoms with Gasteiger partial charge in [-0.25, -0.2) is 0 Å². The molecule has 0 amide bonds. The minimum Gasteiger partial charge on any atom is -0.456 e. The van der Waals surface area contributed by atoms with Crippen molar-refractivity contribution in [2.75, 3.05) is 0 Å². The number of ether oxygens (including phenoxy) is 4. The van der Waals surface area contributed by atoms with Gasteiger partial charge >= 0.3 is 5.97 Å². The second-order valence-corrected chi connectivity index (χ2v) is 6.09. The molecule has 0 spiro atoms. The van der Waals surface area contributed by atoms with Crippen molar-refractivity contribution in [1.82, 2.24) is 0 Å². The minimum atomic E-state index is -1.11. The van der Waals surface area contributed by atoms with Gasteiger partial charge in [-0.1, -0.05) is 43.7 Å². The molecule has 125 valence electrons. The number of fused-ring (bicyclic) bond motifs is 3. The van der Waals surface area contributed by atoms with Gasteiger partial charge in [0.05, 0.1) is 11.7 Å². The molecule has 0 aliphatic carbocycles. The Morgan fingerprint density at radius 1 is 1.13 bits per heavy atom. The van der Waals surface area contributed by atoms with E-state index in [0.29, 0.717) is 0 Å². The molecule has 6 atom stereocenters. The van der Waals surface area contributed by atoms with Crippen molar-refractivity contribution in [1.29, 1.82) is 0 Å². The summed E-state index contributed by atoms with van der Waals surface area (Å²) in [5.41, 5.74) is 0.819. The van der Waals surface area contributed by atoms with Crippen molar-refractivity contribution in [3.63, 3.8) is 0 Å². The van der Waals surface area contributed by atoms with Gasteiger partial charge < -0.3 is 18.9 Å². The van der Waals surface area contributed by atoms with Crippen LogP contribution in [-0.2, 0) is 49.6 Å².